The predicted molar refractivity (Wildman–Crippen MR) is 68.3 cm³/mol. The average molecular weight is 239 g/mol. The minimum atomic E-state index is -0.122. The summed E-state index contributed by atoms with van der Waals surface area (Å²) in [5, 5.41) is 3.72. The molecule has 2 rings (SSSR count). The van der Waals surface area contributed by atoms with Crippen LogP contribution in [0.2, 0.25) is 0 Å². The average Bonchev–Trinajstić information content (AvgIpc) is 2.29. The van der Waals surface area contributed by atoms with Crippen molar-refractivity contribution in [1.82, 2.24) is 5.32 Å². The summed E-state index contributed by atoms with van der Waals surface area (Å²) in [5.74, 6) is -0.00944. The Kier molecular flexibility index (Phi) is 4.40. The van der Waals surface area contributed by atoms with Crippen LogP contribution in [0.5, 0.6) is 0 Å². The summed E-state index contributed by atoms with van der Waals surface area (Å²) in [5.41, 5.74) is 11.3. The normalized spacial score (nSPS) is 38.9. The number of carbonyl (C=O) groups is 1. The molecular formula is C13H25N3O. The molecule has 2 atom stereocenters. The van der Waals surface area contributed by atoms with Gasteiger partial charge >= 0.3 is 0 Å². The Hall–Kier alpha value is -0.610. The summed E-state index contributed by atoms with van der Waals surface area (Å²) in [6, 6.07) is 1.54. The number of carbonyl (C=O) groups excluding carboxylic acids is 1. The van der Waals surface area contributed by atoms with Gasteiger partial charge in [0.15, 0.2) is 0 Å². The highest BCUT2D eigenvalue weighted by molar-refractivity contribution is 5.76. The lowest BCUT2D eigenvalue weighted by molar-refractivity contribution is -0.122. The molecule has 0 bridgehead atoms. The Morgan fingerprint density at radius 3 is 2.29 bits per heavy atom. The molecule has 0 spiro atoms. The minimum absolute atomic E-state index is 0.113. The number of amides is 1. The first kappa shape index (κ1) is 12.8. The number of nitrogens with two attached hydrogens (primary N) is 2. The van der Waals surface area contributed by atoms with Gasteiger partial charge in [-0.3, -0.25) is 4.79 Å². The van der Waals surface area contributed by atoms with E-state index in [1.807, 2.05) is 0 Å². The number of nitrogens with one attached hydrogen (secondary N) is 1. The number of primary amides is 1. The second-order valence-electron chi connectivity index (χ2n) is 5.74. The van der Waals surface area contributed by atoms with Gasteiger partial charge in [0.1, 0.15) is 0 Å². The fraction of sp³-hybridized carbons (Fsp3) is 0.923. The van der Waals surface area contributed by atoms with Crippen LogP contribution in [0.1, 0.15) is 51.4 Å². The lowest BCUT2D eigenvalue weighted by Crippen LogP contribution is -2.46. The standard InChI is InChI=1S/C13H25N3O/c14-10-2-1-3-12(8-10)16-11-6-4-9(5-7-11)13(15)17/h9-12,16H,1-8,14H2,(H2,15,17). The molecule has 4 nitrogen and oxygen atoms in total. The summed E-state index contributed by atoms with van der Waals surface area (Å²) >= 11 is 0. The van der Waals surface area contributed by atoms with Crippen molar-refractivity contribution in [2.24, 2.45) is 17.4 Å². The zero-order valence-electron chi connectivity index (χ0n) is 10.5. The topological polar surface area (TPSA) is 81.1 Å². The van der Waals surface area contributed by atoms with Crippen LogP contribution in [-0.2, 0) is 4.79 Å². The molecule has 0 saturated heterocycles. The van der Waals surface area contributed by atoms with E-state index in [1.54, 1.807) is 0 Å². The molecule has 2 unspecified atom stereocenters. The molecule has 0 radical (unpaired) electrons. The number of hydrogen-bond donors (Lipinski definition) is 3. The Bertz CT molecular complexity index is 261. The highest BCUT2D eigenvalue weighted by Gasteiger charge is 2.27. The third-order valence-electron chi connectivity index (χ3n) is 4.32. The molecule has 0 aromatic carbocycles. The van der Waals surface area contributed by atoms with Crippen LogP contribution in [0.4, 0.5) is 0 Å². The van der Waals surface area contributed by atoms with E-state index >= 15 is 0 Å². The molecule has 4 heteroatoms. The van der Waals surface area contributed by atoms with E-state index in [1.165, 1.54) is 19.3 Å². The molecular weight excluding hydrogens is 214 g/mol. The van der Waals surface area contributed by atoms with Crippen LogP contribution in [-0.4, -0.2) is 24.0 Å². The lowest BCUT2D eigenvalue weighted by atomic mass is 9.84. The van der Waals surface area contributed by atoms with E-state index in [4.69, 9.17) is 11.5 Å². The monoisotopic (exact) mass is 239 g/mol. The van der Waals surface area contributed by atoms with Gasteiger partial charge in [0.2, 0.25) is 5.91 Å². The molecule has 2 aliphatic carbocycles. The molecule has 2 aliphatic rings. The van der Waals surface area contributed by atoms with Crippen molar-refractivity contribution in [1.29, 1.82) is 0 Å². The van der Waals surface area contributed by atoms with Gasteiger partial charge < -0.3 is 16.8 Å². The number of rotatable bonds is 3. The molecule has 17 heavy (non-hydrogen) atoms. The third-order valence-corrected chi connectivity index (χ3v) is 4.32. The van der Waals surface area contributed by atoms with Crippen molar-refractivity contribution < 1.29 is 4.79 Å². The molecule has 0 aliphatic heterocycles. The molecule has 0 aromatic heterocycles. The molecule has 0 heterocycles. The highest BCUT2D eigenvalue weighted by atomic mass is 16.1. The Labute approximate surface area is 103 Å². The van der Waals surface area contributed by atoms with Crippen molar-refractivity contribution in [3.05, 3.63) is 0 Å². The summed E-state index contributed by atoms with van der Waals surface area (Å²) in [6.07, 6.45) is 8.84. The summed E-state index contributed by atoms with van der Waals surface area (Å²) in [7, 11) is 0. The second kappa shape index (κ2) is 5.83. The first-order valence-electron chi connectivity index (χ1n) is 6.96. The number of hydrogen-bond acceptors (Lipinski definition) is 3. The first-order valence-corrected chi connectivity index (χ1v) is 6.96. The molecule has 2 fully saturated rings. The first-order chi connectivity index (χ1) is 8.15. The maximum absolute atomic E-state index is 11.1. The predicted octanol–water partition coefficient (Wildman–Crippen LogP) is 0.890. The fourth-order valence-corrected chi connectivity index (χ4v) is 3.26. The van der Waals surface area contributed by atoms with E-state index in [9.17, 15) is 4.79 Å². The van der Waals surface area contributed by atoms with Gasteiger partial charge in [-0.2, -0.15) is 0 Å². The van der Waals surface area contributed by atoms with Crippen LogP contribution in [0.15, 0.2) is 0 Å². The zero-order valence-corrected chi connectivity index (χ0v) is 10.5. The molecule has 98 valence electrons. The lowest BCUT2D eigenvalue weighted by Gasteiger charge is -2.34. The van der Waals surface area contributed by atoms with E-state index in [0.717, 1.165) is 32.1 Å². The maximum atomic E-state index is 11.1. The molecule has 2 saturated carbocycles. The van der Waals surface area contributed by atoms with Gasteiger partial charge in [0.25, 0.3) is 0 Å². The smallest absolute Gasteiger partial charge is 0.220 e. The highest BCUT2D eigenvalue weighted by Crippen LogP contribution is 2.26. The van der Waals surface area contributed by atoms with Crippen molar-refractivity contribution in [2.75, 3.05) is 0 Å². The maximum Gasteiger partial charge on any atom is 0.220 e. The molecule has 5 N–H and O–H groups in total. The van der Waals surface area contributed by atoms with Crippen LogP contribution in [0.25, 0.3) is 0 Å². The SMILES string of the molecule is NC(=O)C1CCC(NC2CCCC(N)C2)CC1. The minimum Gasteiger partial charge on any atom is -0.369 e. The largest absolute Gasteiger partial charge is 0.369 e. The van der Waals surface area contributed by atoms with Gasteiger partial charge in [-0.15, -0.1) is 0 Å². The van der Waals surface area contributed by atoms with E-state index in [2.05, 4.69) is 5.32 Å². The van der Waals surface area contributed by atoms with Crippen LogP contribution < -0.4 is 16.8 Å². The van der Waals surface area contributed by atoms with Crippen molar-refractivity contribution >= 4 is 5.91 Å². The van der Waals surface area contributed by atoms with Crippen LogP contribution in [0, 0.1) is 5.92 Å². The molecule has 1 amide bonds. The fourth-order valence-electron chi connectivity index (χ4n) is 3.26. The molecule has 0 aromatic rings. The Morgan fingerprint density at radius 1 is 1.00 bits per heavy atom. The van der Waals surface area contributed by atoms with Crippen LogP contribution >= 0.6 is 0 Å². The zero-order chi connectivity index (χ0) is 12.3. The third kappa shape index (κ3) is 3.68. The van der Waals surface area contributed by atoms with Gasteiger partial charge in [0.05, 0.1) is 0 Å². The van der Waals surface area contributed by atoms with Gasteiger partial charge in [0, 0.05) is 24.0 Å². The summed E-state index contributed by atoms with van der Waals surface area (Å²) < 4.78 is 0. The van der Waals surface area contributed by atoms with Gasteiger partial charge in [-0.25, -0.2) is 0 Å². The van der Waals surface area contributed by atoms with Gasteiger partial charge in [-0.05, 0) is 44.9 Å². The Balaban J connectivity index is 1.72. The Morgan fingerprint density at radius 2 is 1.71 bits per heavy atom. The summed E-state index contributed by atoms with van der Waals surface area (Å²) in [4.78, 5) is 11.1. The quantitative estimate of drug-likeness (QED) is 0.684. The van der Waals surface area contributed by atoms with E-state index < -0.39 is 0 Å². The van der Waals surface area contributed by atoms with Crippen molar-refractivity contribution in [3.63, 3.8) is 0 Å². The van der Waals surface area contributed by atoms with E-state index in [-0.39, 0.29) is 11.8 Å². The van der Waals surface area contributed by atoms with Gasteiger partial charge in [-0.1, -0.05) is 6.42 Å². The van der Waals surface area contributed by atoms with Crippen molar-refractivity contribution in [2.45, 2.75) is 69.5 Å². The van der Waals surface area contributed by atoms with Crippen molar-refractivity contribution in [3.8, 4) is 0 Å². The van der Waals surface area contributed by atoms with E-state index in [0.29, 0.717) is 18.1 Å². The summed E-state index contributed by atoms with van der Waals surface area (Å²) in [6.45, 7) is 0. The van der Waals surface area contributed by atoms with Crippen LogP contribution in [0.3, 0.4) is 0 Å². The second-order valence-corrected chi connectivity index (χ2v) is 5.74.